The van der Waals surface area contributed by atoms with E-state index in [-0.39, 0.29) is 10.8 Å². The van der Waals surface area contributed by atoms with Gasteiger partial charge in [-0.2, -0.15) is 0 Å². The van der Waals surface area contributed by atoms with E-state index in [1.165, 1.54) is 31.3 Å². The highest BCUT2D eigenvalue weighted by Crippen LogP contribution is 2.39. The zero-order valence-electron chi connectivity index (χ0n) is 10.7. The van der Waals surface area contributed by atoms with Crippen LogP contribution in [0.15, 0.2) is 29.2 Å². The molecule has 20 heavy (non-hydrogen) atoms. The van der Waals surface area contributed by atoms with Crippen molar-refractivity contribution >= 4 is 27.6 Å². The Bertz CT molecular complexity index is 638. The molecule has 0 spiro atoms. The van der Waals surface area contributed by atoms with E-state index in [1.54, 1.807) is 0 Å². The summed E-state index contributed by atoms with van der Waals surface area (Å²) in [6.07, 6.45) is 0.341. The van der Waals surface area contributed by atoms with Crippen molar-refractivity contribution in [3.63, 3.8) is 0 Å². The quantitative estimate of drug-likeness (QED) is 0.721. The second-order valence-corrected chi connectivity index (χ2v) is 6.39. The van der Waals surface area contributed by atoms with Gasteiger partial charge in [-0.15, -0.1) is 0 Å². The predicted octanol–water partition coefficient (Wildman–Crippen LogP) is 0.254. The molecule has 1 amide bonds. The number of hydrogen-bond acceptors (Lipinski definition) is 4. The van der Waals surface area contributed by atoms with E-state index in [9.17, 15) is 18.0 Å². The van der Waals surface area contributed by atoms with Crippen molar-refractivity contribution < 1.29 is 23.1 Å². The molecule has 1 aliphatic carbocycles. The SMILES string of the molecule is CNS(=O)(=O)c1ccc(NC(=O)[C@@H]2C[C@@H]2C(=O)O)cc1. The maximum atomic E-state index is 11.7. The molecule has 108 valence electrons. The van der Waals surface area contributed by atoms with Crippen LogP contribution in [0.25, 0.3) is 0 Å². The number of carbonyl (C=O) groups is 2. The molecule has 0 aliphatic heterocycles. The number of rotatable bonds is 5. The molecule has 1 aliphatic rings. The number of aliphatic carboxylic acids is 1. The fraction of sp³-hybridized carbons (Fsp3) is 0.333. The molecule has 8 heteroatoms. The fourth-order valence-electron chi connectivity index (χ4n) is 1.83. The van der Waals surface area contributed by atoms with Gasteiger partial charge in [-0.1, -0.05) is 0 Å². The van der Waals surface area contributed by atoms with Crippen LogP contribution in [-0.4, -0.2) is 32.4 Å². The number of sulfonamides is 1. The number of carboxylic acid groups (broad SMARTS) is 1. The number of amides is 1. The monoisotopic (exact) mass is 298 g/mol. The Labute approximate surface area is 116 Å². The zero-order chi connectivity index (χ0) is 14.9. The maximum absolute atomic E-state index is 11.7. The standard InChI is InChI=1S/C12H14N2O5S/c1-13-20(18,19)8-4-2-7(3-5-8)14-11(15)9-6-10(9)12(16)17/h2-5,9-10,13H,6H2,1H3,(H,14,15)(H,16,17)/t9-,10+/m1/s1. The van der Waals surface area contributed by atoms with Crippen molar-refractivity contribution in [2.45, 2.75) is 11.3 Å². The minimum Gasteiger partial charge on any atom is -0.481 e. The summed E-state index contributed by atoms with van der Waals surface area (Å²) in [5.41, 5.74) is 0.432. The molecule has 1 fully saturated rings. The van der Waals surface area contributed by atoms with Crippen LogP contribution < -0.4 is 10.0 Å². The molecule has 0 saturated heterocycles. The Morgan fingerprint density at radius 1 is 1.20 bits per heavy atom. The zero-order valence-corrected chi connectivity index (χ0v) is 11.5. The second kappa shape index (κ2) is 5.22. The molecular formula is C12H14N2O5S. The van der Waals surface area contributed by atoms with Gasteiger partial charge >= 0.3 is 5.97 Å². The van der Waals surface area contributed by atoms with E-state index in [1.807, 2.05) is 0 Å². The normalized spacial score (nSPS) is 21.2. The van der Waals surface area contributed by atoms with Crippen LogP contribution in [-0.2, 0) is 19.6 Å². The van der Waals surface area contributed by atoms with Crippen molar-refractivity contribution in [3.8, 4) is 0 Å². The van der Waals surface area contributed by atoms with Gasteiger partial charge in [0.1, 0.15) is 0 Å². The van der Waals surface area contributed by atoms with Gasteiger partial charge in [-0.3, -0.25) is 9.59 Å². The van der Waals surface area contributed by atoms with Crippen LogP contribution >= 0.6 is 0 Å². The lowest BCUT2D eigenvalue weighted by Gasteiger charge is -2.06. The third kappa shape index (κ3) is 2.97. The molecular weight excluding hydrogens is 284 g/mol. The van der Waals surface area contributed by atoms with E-state index < -0.39 is 27.8 Å². The highest BCUT2D eigenvalue weighted by atomic mass is 32.2. The second-order valence-electron chi connectivity index (χ2n) is 4.51. The Kier molecular flexibility index (Phi) is 3.78. The number of benzene rings is 1. The lowest BCUT2D eigenvalue weighted by Crippen LogP contribution is -2.19. The van der Waals surface area contributed by atoms with Gasteiger partial charge in [0.05, 0.1) is 16.7 Å². The lowest BCUT2D eigenvalue weighted by atomic mass is 10.2. The van der Waals surface area contributed by atoms with E-state index >= 15 is 0 Å². The van der Waals surface area contributed by atoms with Crippen LogP contribution in [0.5, 0.6) is 0 Å². The Morgan fingerprint density at radius 2 is 1.80 bits per heavy atom. The Balaban J connectivity index is 2.02. The number of nitrogens with one attached hydrogen (secondary N) is 2. The summed E-state index contributed by atoms with van der Waals surface area (Å²) >= 11 is 0. The minimum atomic E-state index is -3.51. The van der Waals surface area contributed by atoms with Crippen molar-refractivity contribution in [1.82, 2.24) is 4.72 Å². The third-order valence-electron chi connectivity index (χ3n) is 3.15. The molecule has 0 unspecified atom stereocenters. The number of carboxylic acids is 1. The molecule has 1 saturated carbocycles. The maximum Gasteiger partial charge on any atom is 0.307 e. The van der Waals surface area contributed by atoms with Crippen LogP contribution in [0, 0.1) is 11.8 Å². The van der Waals surface area contributed by atoms with Crippen LogP contribution in [0.3, 0.4) is 0 Å². The summed E-state index contributed by atoms with van der Waals surface area (Å²) in [6, 6.07) is 5.65. The van der Waals surface area contributed by atoms with Gasteiger partial charge in [0.25, 0.3) is 0 Å². The summed E-state index contributed by atoms with van der Waals surface area (Å²) in [4.78, 5) is 22.5. The minimum absolute atomic E-state index is 0.0906. The van der Waals surface area contributed by atoms with Gasteiger partial charge in [-0.05, 0) is 37.7 Å². The van der Waals surface area contributed by atoms with E-state index in [0.717, 1.165) is 0 Å². The molecule has 0 heterocycles. The van der Waals surface area contributed by atoms with E-state index in [2.05, 4.69) is 10.0 Å². The fourth-order valence-corrected chi connectivity index (χ4v) is 2.56. The molecule has 2 atom stereocenters. The van der Waals surface area contributed by atoms with E-state index in [0.29, 0.717) is 12.1 Å². The summed E-state index contributed by atoms with van der Waals surface area (Å²) in [7, 11) is -2.20. The smallest absolute Gasteiger partial charge is 0.307 e. The summed E-state index contributed by atoms with van der Waals surface area (Å²) in [5, 5.41) is 11.3. The first-order valence-electron chi connectivity index (χ1n) is 5.92. The van der Waals surface area contributed by atoms with Gasteiger partial charge in [0, 0.05) is 5.69 Å². The molecule has 0 aromatic heterocycles. The van der Waals surface area contributed by atoms with Crippen LogP contribution in [0.4, 0.5) is 5.69 Å². The van der Waals surface area contributed by atoms with Crippen LogP contribution in [0.2, 0.25) is 0 Å². The number of anilines is 1. The highest BCUT2D eigenvalue weighted by Gasteiger charge is 2.48. The molecule has 7 nitrogen and oxygen atoms in total. The topological polar surface area (TPSA) is 113 Å². The molecule has 0 radical (unpaired) electrons. The molecule has 1 aromatic carbocycles. The first-order valence-corrected chi connectivity index (χ1v) is 7.41. The molecule has 1 aromatic rings. The van der Waals surface area contributed by atoms with E-state index in [4.69, 9.17) is 5.11 Å². The Morgan fingerprint density at radius 3 is 2.25 bits per heavy atom. The number of hydrogen-bond donors (Lipinski definition) is 3. The van der Waals surface area contributed by atoms with Gasteiger partial charge in [0.2, 0.25) is 15.9 Å². The van der Waals surface area contributed by atoms with Crippen molar-refractivity contribution in [2.24, 2.45) is 11.8 Å². The largest absolute Gasteiger partial charge is 0.481 e. The summed E-state index contributed by atoms with van der Waals surface area (Å²) in [5.74, 6) is -2.45. The number of carbonyl (C=O) groups excluding carboxylic acids is 1. The van der Waals surface area contributed by atoms with Gasteiger partial charge in [0.15, 0.2) is 0 Å². The molecule has 3 N–H and O–H groups in total. The van der Waals surface area contributed by atoms with Gasteiger partial charge in [-0.25, -0.2) is 13.1 Å². The van der Waals surface area contributed by atoms with Crippen molar-refractivity contribution in [3.05, 3.63) is 24.3 Å². The lowest BCUT2D eigenvalue weighted by molar-refractivity contribution is -0.139. The Hall–Kier alpha value is -1.93. The van der Waals surface area contributed by atoms with Crippen molar-refractivity contribution in [2.75, 3.05) is 12.4 Å². The average Bonchev–Trinajstić information content (AvgIpc) is 3.20. The van der Waals surface area contributed by atoms with Gasteiger partial charge < -0.3 is 10.4 Å². The first-order chi connectivity index (χ1) is 9.35. The van der Waals surface area contributed by atoms with Crippen molar-refractivity contribution in [1.29, 1.82) is 0 Å². The molecule has 2 rings (SSSR count). The predicted molar refractivity (Wildman–Crippen MR) is 70.6 cm³/mol. The molecule has 0 bridgehead atoms. The summed E-state index contributed by atoms with van der Waals surface area (Å²) < 4.78 is 25.2. The third-order valence-corrected chi connectivity index (χ3v) is 4.58. The van der Waals surface area contributed by atoms with Crippen LogP contribution in [0.1, 0.15) is 6.42 Å². The average molecular weight is 298 g/mol. The highest BCUT2D eigenvalue weighted by molar-refractivity contribution is 7.89. The summed E-state index contributed by atoms with van der Waals surface area (Å²) in [6.45, 7) is 0. The first kappa shape index (κ1) is 14.5.